The lowest BCUT2D eigenvalue weighted by atomic mass is 10.1. The van der Waals surface area contributed by atoms with E-state index in [-0.39, 0.29) is 18.3 Å². The van der Waals surface area contributed by atoms with E-state index in [1.54, 1.807) is 6.20 Å². The first-order chi connectivity index (χ1) is 14.1. The van der Waals surface area contributed by atoms with Crippen molar-refractivity contribution in [1.82, 2.24) is 9.55 Å². The Morgan fingerprint density at radius 1 is 1.17 bits per heavy atom. The van der Waals surface area contributed by atoms with Gasteiger partial charge < -0.3 is 19.7 Å². The molecule has 2 aromatic carbocycles. The summed E-state index contributed by atoms with van der Waals surface area (Å²) in [6.07, 6.45) is 1.65. The number of benzene rings is 2. The van der Waals surface area contributed by atoms with Gasteiger partial charge in [-0.2, -0.15) is 0 Å². The lowest BCUT2D eigenvalue weighted by molar-refractivity contribution is -0.113. The molecule has 152 valence electrons. The van der Waals surface area contributed by atoms with E-state index in [4.69, 9.17) is 4.74 Å². The second kappa shape index (κ2) is 10.1. The number of hydrogen-bond acceptors (Lipinski definition) is 5. The average molecular weight is 412 g/mol. The Hall–Kier alpha value is -2.77. The molecular formula is C22H25N3O3S. The number of amides is 1. The van der Waals surface area contributed by atoms with Crippen molar-refractivity contribution in [2.45, 2.75) is 32.2 Å². The number of anilines is 1. The largest absolute Gasteiger partial charge is 0.494 e. The number of hydrogen-bond donors (Lipinski definition) is 2. The summed E-state index contributed by atoms with van der Waals surface area (Å²) in [6, 6.07) is 15.5. The van der Waals surface area contributed by atoms with Crippen LogP contribution in [0.25, 0.3) is 0 Å². The summed E-state index contributed by atoms with van der Waals surface area (Å²) in [5.74, 6) is 0.882. The van der Waals surface area contributed by atoms with Crippen LogP contribution in [0.2, 0.25) is 0 Å². The SMILES string of the molecule is CCOc1ccc(NC(=O)CSc2ncc(CO)n2Cc2ccc(C)cc2)cc1. The van der Waals surface area contributed by atoms with Gasteiger partial charge in [0.1, 0.15) is 5.75 Å². The minimum atomic E-state index is -0.116. The fourth-order valence-corrected chi connectivity index (χ4v) is 3.60. The molecule has 0 unspecified atom stereocenters. The molecule has 1 aromatic heterocycles. The monoisotopic (exact) mass is 411 g/mol. The Balaban J connectivity index is 1.61. The molecule has 0 spiro atoms. The van der Waals surface area contributed by atoms with Gasteiger partial charge in [-0.1, -0.05) is 41.6 Å². The number of rotatable bonds is 9. The number of ether oxygens (including phenoxy) is 1. The highest BCUT2D eigenvalue weighted by molar-refractivity contribution is 7.99. The summed E-state index contributed by atoms with van der Waals surface area (Å²) in [6.45, 7) is 5.08. The molecule has 0 aliphatic carbocycles. The van der Waals surface area contributed by atoms with Crippen molar-refractivity contribution in [3.8, 4) is 5.75 Å². The van der Waals surface area contributed by atoms with Crippen LogP contribution in [0.5, 0.6) is 5.75 Å². The Bertz CT molecular complexity index is 937. The maximum Gasteiger partial charge on any atom is 0.234 e. The molecule has 0 saturated heterocycles. The van der Waals surface area contributed by atoms with Crippen LogP contribution in [0.3, 0.4) is 0 Å². The van der Waals surface area contributed by atoms with Crippen molar-refractivity contribution < 1.29 is 14.6 Å². The van der Waals surface area contributed by atoms with Gasteiger partial charge in [0.05, 0.1) is 30.9 Å². The number of thioether (sulfide) groups is 1. The van der Waals surface area contributed by atoms with E-state index >= 15 is 0 Å². The molecule has 0 radical (unpaired) electrons. The molecule has 1 amide bonds. The number of carbonyl (C=O) groups excluding carboxylic acids is 1. The Morgan fingerprint density at radius 3 is 2.55 bits per heavy atom. The van der Waals surface area contributed by atoms with E-state index < -0.39 is 0 Å². The van der Waals surface area contributed by atoms with Crippen molar-refractivity contribution in [3.05, 3.63) is 71.5 Å². The standard InChI is InChI=1S/C22H25N3O3S/c1-3-28-20-10-8-18(9-11-20)24-21(27)15-29-22-23-12-19(14-26)25(22)13-17-6-4-16(2)5-7-17/h4-12,26H,3,13-15H2,1-2H3,(H,24,27). The number of nitrogens with zero attached hydrogens (tertiary/aromatic N) is 2. The third-order valence-corrected chi connectivity index (χ3v) is 5.30. The van der Waals surface area contributed by atoms with Gasteiger partial charge in [0, 0.05) is 12.2 Å². The van der Waals surface area contributed by atoms with Crippen LogP contribution in [-0.2, 0) is 17.9 Å². The molecule has 29 heavy (non-hydrogen) atoms. The first kappa shape index (κ1) is 21.0. The van der Waals surface area contributed by atoms with E-state index in [1.807, 2.05) is 42.7 Å². The van der Waals surface area contributed by atoms with Gasteiger partial charge in [0.2, 0.25) is 5.91 Å². The van der Waals surface area contributed by atoms with Crippen molar-refractivity contribution in [3.63, 3.8) is 0 Å². The second-order valence-electron chi connectivity index (χ2n) is 6.56. The first-order valence-corrected chi connectivity index (χ1v) is 10.4. The third-order valence-electron chi connectivity index (χ3n) is 4.31. The van der Waals surface area contributed by atoms with Crippen LogP contribution in [0.15, 0.2) is 59.9 Å². The summed E-state index contributed by atoms with van der Waals surface area (Å²) < 4.78 is 7.35. The van der Waals surface area contributed by atoms with Gasteiger partial charge in [-0.3, -0.25) is 4.79 Å². The van der Waals surface area contributed by atoms with Crippen LogP contribution in [0.1, 0.15) is 23.7 Å². The molecule has 2 N–H and O–H groups in total. The highest BCUT2D eigenvalue weighted by Gasteiger charge is 2.13. The van der Waals surface area contributed by atoms with E-state index in [0.29, 0.717) is 18.3 Å². The molecule has 1 heterocycles. The Kier molecular flexibility index (Phi) is 7.32. The fourth-order valence-electron chi connectivity index (χ4n) is 2.81. The topological polar surface area (TPSA) is 76.4 Å². The molecule has 0 aliphatic heterocycles. The van der Waals surface area contributed by atoms with Crippen molar-refractivity contribution in [2.75, 3.05) is 17.7 Å². The van der Waals surface area contributed by atoms with Crippen LogP contribution in [-0.4, -0.2) is 32.9 Å². The van der Waals surface area contributed by atoms with E-state index in [0.717, 1.165) is 22.7 Å². The fraction of sp³-hybridized carbons (Fsp3) is 0.273. The van der Waals surface area contributed by atoms with Gasteiger partial charge in [-0.15, -0.1) is 0 Å². The van der Waals surface area contributed by atoms with E-state index in [9.17, 15) is 9.90 Å². The number of aryl methyl sites for hydroxylation is 1. The number of aromatic nitrogens is 2. The Morgan fingerprint density at radius 2 is 1.90 bits per heavy atom. The van der Waals surface area contributed by atoms with Gasteiger partial charge in [0.25, 0.3) is 0 Å². The molecule has 0 bridgehead atoms. The van der Waals surface area contributed by atoms with Gasteiger partial charge >= 0.3 is 0 Å². The van der Waals surface area contributed by atoms with Crippen LogP contribution in [0, 0.1) is 6.92 Å². The predicted octanol–water partition coefficient (Wildman–Crippen LogP) is 3.86. The van der Waals surface area contributed by atoms with Gasteiger partial charge in [-0.25, -0.2) is 4.98 Å². The van der Waals surface area contributed by atoms with Crippen LogP contribution in [0.4, 0.5) is 5.69 Å². The summed E-state index contributed by atoms with van der Waals surface area (Å²) in [7, 11) is 0. The van der Waals surface area contributed by atoms with E-state index in [1.165, 1.54) is 17.3 Å². The number of imidazole rings is 1. The summed E-state index contributed by atoms with van der Waals surface area (Å²) in [5, 5.41) is 13.2. The number of aliphatic hydroxyl groups excluding tert-OH is 1. The van der Waals surface area contributed by atoms with E-state index in [2.05, 4.69) is 34.6 Å². The predicted molar refractivity (Wildman–Crippen MR) is 115 cm³/mol. The van der Waals surface area contributed by atoms with Crippen LogP contribution < -0.4 is 10.1 Å². The first-order valence-electron chi connectivity index (χ1n) is 9.45. The highest BCUT2D eigenvalue weighted by Crippen LogP contribution is 2.22. The van der Waals surface area contributed by atoms with Crippen LogP contribution >= 0.6 is 11.8 Å². The third kappa shape index (κ3) is 5.85. The molecule has 6 nitrogen and oxygen atoms in total. The second-order valence-corrected chi connectivity index (χ2v) is 7.50. The quantitative estimate of drug-likeness (QED) is 0.523. The zero-order chi connectivity index (χ0) is 20.6. The van der Waals surface area contributed by atoms with Crippen molar-refractivity contribution in [1.29, 1.82) is 0 Å². The highest BCUT2D eigenvalue weighted by atomic mass is 32.2. The zero-order valence-electron chi connectivity index (χ0n) is 16.6. The van der Waals surface area contributed by atoms with Gasteiger partial charge in [0.15, 0.2) is 5.16 Å². The molecular weight excluding hydrogens is 386 g/mol. The molecule has 3 aromatic rings. The molecule has 0 fully saturated rings. The summed E-state index contributed by atoms with van der Waals surface area (Å²) in [4.78, 5) is 16.7. The summed E-state index contributed by atoms with van der Waals surface area (Å²) >= 11 is 1.35. The Labute approximate surface area is 174 Å². The smallest absolute Gasteiger partial charge is 0.234 e. The number of aliphatic hydroxyl groups is 1. The minimum Gasteiger partial charge on any atom is -0.494 e. The van der Waals surface area contributed by atoms with Gasteiger partial charge in [-0.05, 0) is 43.7 Å². The maximum atomic E-state index is 12.3. The van der Waals surface area contributed by atoms with Crippen molar-refractivity contribution >= 4 is 23.4 Å². The molecule has 0 atom stereocenters. The number of nitrogens with one attached hydrogen (secondary N) is 1. The maximum absolute atomic E-state index is 12.3. The molecule has 0 aliphatic rings. The summed E-state index contributed by atoms with van der Waals surface area (Å²) in [5.41, 5.74) is 3.75. The number of carbonyl (C=O) groups is 1. The van der Waals surface area contributed by atoms with Crippen molar-refractivity contribution in [2.24, 2.45) is 0 Å². The molecule has 7 heteroatoms. The lowest BCUT2D eigenvalue weighted by Gasteiger charge is -2.11. The molecule has 0 saturated carbocycles. The average Bonchev–Trinajstić information content (AvgIpc) is 3.11. The lowest BCUT2D eigenvalue weighted by Crippen LogP contribution is -2.15. The normalized spacial score (nSPS) is 10.7. The molecule has 3 rings (SSSR count). The zero-order valence-corrected chi connectivity index (χ0v) is 17.4. The minimum absolute atomic E-state index is 0.0994.